The Morgan fingerprint density at radius 1 is 1.06 bits per heavy atom. The first-order valence-electron chi connectivity index (χ1n) is 10.5. The van der Waals surface area contributed by atoms with E-state index in [9.17, 15) is 9.59 Å². The Balaban J connectivity index is 1.98. The summed E-state index contributed by atoms with van der Waals surface area (Å²) in [5, 5.41) is 3.97. The molecule has 0 bridgehead atoms. The summed E-state index contributed by atoms with van der Waals surface area (Å²) in [7, 11) is 0. The summed E-state index contributed by atoms with van der Waals surface area (Å²) in [6.45, 7) is 5.01. The number of thioether (sulfide) groups is 1. The standard InChI is InChI=1S/C24H30Cl2N2O2S/c1-3-4-13-27-24(30)18(2)28(14-12-19-8-6-5-7-9-19)23(29)17-31-16-20-10-11-21(25)22(26)15-20/h5-11,15,18H,3-4,12-14,16-17H2,1-2H3,(H,27,30)/t18-/m1/s1. The maximum atomic E-state index is 13.0. The number of amides is 2. The van der Waals surface area contributed by atoms with E-state index in [1.807, 2.05) is 42.5 Å². The van der Waals surface area contributed by atoms with Crippen molar-refractivity contribution in [3.8, 4) is 0 Å². The average Bonchev–Trinajstić information content (AvgIpc) is 2.77. The van der Waals surface area contributed by atoms with Gasteiger partial charge in [-0.3, -0.25) is 9.59 Å². The number of hydrogen-bond acceptors (Lipinski definition) is 3. The highest BCUT2D eigenvalue weighted by Gasteiger charge is 2.25. The topological polar surface area (TPSA) is 49.4 Å². The smallest absolute Gasteiger partial charge is 0.242 e. The Morgan fingerprint density at radius 3 is 2.48 bits per heavy atom. The Bertz CT molecular complexity index is 849. The van der Waals surface area contributed by atoms with Crippen molar-refractivity contribution in [1.29, 1.82) is 0 Å². The van der Waals surface area contributed by atoms with Crippen molar-refractivity contribution in [2.24, 2.45) is 0 Å². The van der Waals surface area contributed by atoms with E-state index in [0.717, 1.165) is 24.0 Å². The Kier molecular flexibility index (Phi) is 11.3. The first kappa shape index (κ1) is 25.6. The van der Waals surface area contributed by atoms with Crippen LogP contribution in [0.4, 0.5) is 0 Å². The molecule has 2 aromatic carbocycles. The lowest BCUT2D eigenvalue weighted by atomic mass is 10.1. The molecular formula is C24H30Cl2N2O2S. The first-order valence-corrected chi connectivity index (χ1v) is 12.5. The molecule has 31 heavy (non-hydrogen) atoms. The number of carbonyl (C=O) groups is 2. The average molecular weight is 481 g/mol. The molecule has 1 atom stereocenters. The Morgan fingerprint density at radius 2 is 1.81 bits per heavy atom. The van der Waals surface area contributed by atoms with Gasteiger partial charge >= 0.3 is 0 Å². The minimum atomic E-state index is -0.515. The number of nitrogens with one attached hydrogen (secondary N) is 1. The number of halogens is 2. The Labute approximate surface area is 199 Å². The fourth-order valence-corrected chi connectivity index (χ4v) is 4.25. The minimum absolute atomic E-state index is 0.0425. The van der Waals surface area contributed by atoms with E-state index in [4.69, 9.17) is 23.2 Å². The second-order valence-electron chi connectivity index (χ2n) is 7.38. The van der Waals surface area contributed by atoms with Gasteiger partial charge in [0.1, 0.15) is 6.04 Å². The number of hydrogen-bond donors (Lipinski definition) is 1. The van der Waals surface area contributed by atoms with Crippen LogP contribution in [-0.4, -0.2) is 41.6 Å². The van der Waals surface area contributed by atoms with E-state index in [2.05, 4.69) is 12.2 Å². The van der Waals surface area contributed by atoms with Crippen LogP contribution >= 0.6 is 35.0 Å². The van der Waals surface area contributed by atoms with E-state index in [1.165, 1.54) is 11.8 Å². The molecule has 0 aliphatic heterocycles. The molecule has 2 rings (SSSR count). The maximum Gasteiger partial charge on any atom is 0.242 e. The summed E-state index contributed by atoms with van der Waals surface area (Å²) in [4.78, 5) is 27.3. The molecule has 0 saturated heterocycles. The lowest BCUT2D eigenvalue weighted by molar-refractivity contribution is -0.137. The second-order valence-corrected chi connectivity index (χ2v) is 9.18. The zero-order valence-corrected chi connectivity index (χ0v) is 20.4. The highest BCUT2D eigenvalue weighted by molar-refractivity contribution is 7.99. The van der Waals surface area contributed by atoms with E-state index in [-0.39, 0.29) is 11.8 Å². The van der Waals surface area contributed by atoms with Crippen molar-refractivity contribution in [2.45, 2.75) is 44.9 Å². The molecule has 0 spiro atoms. The third-order valence-electron chi connectivity index (χ3n) is 4.96. The largest absolute Gasteiger partial charge is 0.354 e. The van der Waals surface area contributed by atoms with Gasteiger partial charge in [-0.2, -0.15) is 0 Å². The fourth-order valence-electron chi connectivity index (χ4n) is 3.07. The molecular weight excluding hydrogens is 451 g/mol. The van der Waals surface area contributed by atoms with Gasteiger partial charge in [0.05, 0.1) is 15.8 Å². The third kappa shape index (κ3) is 8.76. The zero-order chi connectivity index (χ0) is 22.6. The lowest BCUT2D eigenvalue weighted by Gasteiger charge is -2.28. The van der Waals surface area contributed by atoms with Gasteiger partial charge in [0.15, 0.2) is 0 Å². The summed E-state index contributed by atoms with van der Waals surface area (Å²) < 4.78 is 0. The van der Waals surface area contributed by atoms with Crippen molar-refractivity contribution in [3.63, 3.8) is 0 Å². The summed E-state index contributed by atoms with van der Waals surface area (Å²) in [6, 6.07) is 15.0. The lowest BCUT2D eigenvalue weighted by Crippen LogP contribution is -2.49. The highest BCUT2D eigenvalue weighted by Crippen LogP contribution is 2.25. The number of unbranched alkanes of at least 4 members (excludes halogenated alkanes) is 1. The van der Waals surface area contributed by atoms with Gasteiger partial charge in [0.25, 0.3) is 0 Å². The van der Waals surface area contributed by atoms with Crippen LogP contribution in [0.25, 0.3) is 0 Å². The predicted molar refractivity (Wildman–Crippen MR) is 132 cm³/mol. The van der Waals surface area contributed by atoms with E-state index < -0.39 is 6.04 Å². The number of rotatable bonds is 12. The number of nitrogens with zero attached hydrogens (tertiary/aromatic N) is 1. The minimum Gasteiger partial charge on any atom is -0.354 e. The van der Waals surface area contributed by atoms with Crippen LogP contribution in [-0.2, 0) is 21.8 Å². The van der Waals surface area contributed by atoms with Crippen molar-refractivity contribution in [3.05, 3.63) is 69.7 Å². The van der Waals surface area contributed by atoms with Crippen LogP contribution < -0.4 is 5.32 Å². The van der Waals surface area contributed by atoms with Crippen LogP contribution in [0.3, 0.4) is 0 Å². The van der Waals surface area contributed by atoms with Gasteiger partial charge in [-0.1, -0.05) is 72.9 Å². The molecule has 7 heteroatoms. The normalized spacial score (nSPS) is 11.7. The van der Waals surface area contributed by atoms with E-state index in [1.54, 1.807) is 17.9 Å². The quantitative estimate of drug-likeness (QED) is 0.402. The fraction of sp³-hybridized carbons (Fsp3) is 0.417. The van der Waals surface area contributed by atoms with Crippen molar-refractivity contribution >= 4 is 46.8 Å². The van der Waals surface area contributed by atoms with Crippen molar-refractivity contribution < 1.29 is 9.59 Å². The summed E-state index contributed by atoms with van der Waals surface area (Å²) in [5.41, 5.74) is 2.15. The highest BCUT2D eigenvalue weighted by atomic mass is 35.5. The summed E-state index contributed by atoms with van der Waals surface area (Å²) in [6.07, 6.45) is 2.64. The molecule has 0 unspecified atom stereocenters. The monoisotopic (exact) mass is 480 g/mol. The van der Waals surface area contributed by atoms with Crippen LogP contribution in [0.5, 0.6) is 0 Å². The molecule has 168 valence electrons. The molecule has 0 radical (unpaired) electrons. The molecule has 0 heterocycles. The number of benzene rings is 2. The molecule has 0 fully saturated rings. The number of carbonyl (C=O) groups excluding carboxylic acids is 2. The molecule has 4 nitrogen and oxygen atoms in total. The van der Waals surface area contributed by atoms with Gasteiger partial charge in [-0.05, 0) is 43.0 Å². The van der Waals surface area contributed by atoms with E-state index in [0.29, 0.717) is 41.1 Å². The Hall–Kier alpha value is -1.69. The SMILES string of the molecule is CCCCNC(=O)[C@@H](C)N(CCc1ccccc1)C(=O)CSCc1ccc(Cl)c(Cl)c1. The van der Waals surface area contributed by atoms with Crippen LogP contribution in [0.15, 0.2) is 48.5 Å². The molecule has 1 N–H and O–H groups in total. The van der Waals surface area contributed by atoms with Gasteiger partial charge in [-0.15, -0.1) is 11.8 Å². The van der Waals surface area contributed by atoms with Crippen molar-refractivity contribution in [1.82, 2.24) is 10.2 Å². The van der Waals surface area contributed by atoms with Crippen LogP contribution in [0.2, 0.25) is 10.0 Å². The van der Waals surface area contributed by atoms with Crippen LogP contribution in [0.1, 0.15) is 37.8 Å². The van der Waals surface area contributed by atoms with Gasteiger partial charge in [0, 0.05) is 18.8 Å². The first-order chi connectivity index (χ1) is 14.9. The summed E-state index contributed by atoms with van der Waals surface area (Å²) in [5.74, 6) is 0.789. The molecule has 0 aliphatic carbocycles. The zero-order valence-electron chi connectivity index (χ0n) is 18.1. The predicted octanol–water partition coefficient (Wildman–Crippen LogP) is 5.60. The van der Waals surface area contributed by atoms with E-state index >= 15 is 0 Å². The molecule has 2 amide bonds. The van der Waals surface area contributed by atoms with Gasteiger partial charge in [-0.25, -0.2) is 0 Å². The van der Waals surface area contributed by atoms with Gasteiger partial charge < -0.3 is 10.2 Å². The molecule has 2 aromatic rings. The van der Waals surface area contributed by atoms with Crippen LogP contribution in [0, 0.1) is 0 Å². The molecule has 0 aliphatic rings. The molecule has 0 aromatic heterocycles. The molecule has 0 saturated carbocycles. The third-order valence-corrected chi connectivity index (χ3v) is 6.69. The maximum absolute atomic E-state index is 13.0. The second kappa shape index (κ2) is 13.7. The summed E-state index contributed by atoms with van der Waals surface area (Å²) >= 11 is 13.5. The van der Waals surface area contributed by atoms with Crippen molar-refractivity contribution in [2.75, 3.05) is 18.8 Å². The van der Waals surface area contributed by atoms with Gasteiger partial charge in [0.2, 0.25) is 11.8 Å².